The van der Waals surface area contributed by atoms with Gasteiger partial charge in [-0.25, -0.2) is 4.98 Å². The molecule has 4 aromatic rings. The minimum Gasteiger partial charge on any atom is -0.481 e. The van der Waals surface area contributed by atoms with Gasteiger partial charge in [0.05, 0.1) is 17.3 Å². The fourth-order valence-electron chi connectivity index (χ4n) is 4.10. The molecule has 6 heteroatoms. The van der Waals surface area contributed by atoms with Crippen LogP contribution in [0.3, 0.4) is 0 Å². The molecule has 1 heterocycles. The zero-order chi connectivity index (χ0) is 24.8. The summed E-state index contributed by atoms with van der Waals surface area (Å²) < 4.78 is 0. The third-order valence-corrected chi connectivity index (χ3v) is 6.26. The molecule has 178 valence electrons. The summed E-state index contributed by atoms with van der Waals surface area (Å²) in [4.78, 5) is 28.8. The number of hydrogen-bond acceptors (Lipinski definition) is 3. The molecule has 1 aromatic heterocycles. The average molecular weight is 487 g/mol. The molecule has 0 fully saturated rings. The molecule has 1 unspecified atom stereocenters. The smallest absolute Gasteiger partial charge is 0.303 e. The second-order valence-electron chi connectivity index (χ2n) is 8.62. The van der Waals surface area contributed by atoms with E-state index >= 15 is 0 Å². The Balaban J connectivity index is 1.61. The topological polar surface area (TPSA) is 79.3 Å². The van der Waals surface area contributed by atoms with E-state index in [-0.39, 0.29) is 18.4 Å². The quantitative estimate of drug-likeness (QED) is 0.254. The molecule has 0 aliphatic carbocycles. The van der Waals surface area contributed by atoms with E-state index in [0.717, 1.165) is 39.7 Å². The molecule has 0 aliphatic heterocycles. The maximum Gasteiger partial charge on any atom is 0.303 e. The predicted octanol–water partition coefficient (Wildman–Crippen LogP) is 6.84. The Bertz CT molecular complexity index is 1340. The summed E-state index contributed by atoms with van der Waals surface area (Å²) in [6.07, 6.45) is 2.22. The van der Waals surface area contributed by atoms with Gasteiger partial charge in [-0.15, -0.1) is 0 Å². The molecule has 0 bridgehead atoms. The fraction of sp³-hybridized carbons (Fsp3) is 0.207. The molecule has 0 saturated carbocycles. The maximum atomic E-state index is 13.0. The zero-order valence-corrected chi connectivity index (χ0v) is 20.3. The van der Waals surface area contributed by atoms with Crippen molar-refractivity contribution >= 4 is 34.4 Å². The number of unbranched alkanes of at least 4 members (excludes halogenated alkanes) is 1. The molecule has 0 radical (unpaired) electrons. The number of amides is 1. The van der Waals surface area contributed by atoms with E-state index in [1.807, 2.05) is 73.7 Å². The molecule has 0 aliphatic rings. The number of hydrogen-bond donors (Lipinski definition) is 2. The third-order valence-electron chi connectivity index (χ3n) is 6.01. The van der Waals surface area contributed by atoms with E-state index < -0.39 is 5.97 Å². The number of carboxylic acid groups (broad SMARTS) is 1. The van der Waals surface area contributed by atoms with Crippen LogP contribution in [0.5, 0.6) is 0 Å². The van der Waals surface area contributed by atoms with Crippen molar-refractivity contribution in [3.63, 3.8) is 0 Å². The third kappa shape index (κ3) is 6.25. The molecule has 2 N–H and O–H groups in total. The number of carbonyl (C=O) groups excluding carboxylic acids is 1. The van der Waals surface area contributed by atoms with Crippen LogP contribution in [-0.4, -0.2) is 22.0 Å². The number of rotatable bonds is 9. The number of carbonyl (C=O) groups is 2. The standard InChI is InChI=1S/C29H27ClN2O3/c1-19(20-11-14-25(30)15-12-20)31-29(35)23-13-16-26-24(18-23)17-22(9-5-6-10-27(33)34)28(32-26)21-7-3-2-4-8-21/h2-4,7-8,11-19H,5-6,9-10H2,1H3,(H,31,35)(H,33,34). The number of aliphatic carboxylic acids is 1. The van der Waals surface area contributed by atoms with Crippen LogP contribution in [-0.2, 0) is 11.2 Å². The van der Waals surface area contributed by atoms with Crippen molar-refractivity contribution < 1.29 is 14.7 Å². The highest BCUT2D eigenvalue weighted by molar-refractivity contribution is 6.30. The second kappa shape index (κ2) is 11.2. The fourth-order valence-corrected chi connectivity index (χ4v) is 4.23. The predicted molar refractivity (Wildman–Crippen MR) is 140 cm³/mol. The lowest BCUT2D eigenvalue weighted by Crippen LogP contribution is -2.26. The number of aryl methyl sites for hydroxylation is 1. The van der Waals surface area contributed by atoms with Gasteiger partial charge in [-0.2, -0.15) is 0 Å². The van der Waals surface area contributed by atoms with Crippen LogP contribution in [0.2, 0.25) is 5.02 Å². The Hall–Kier alpha value is -3.70. The molecule has 35 heavy (non-hydrogen) atoms. The highest BCUT2D eigenvalue weighted by Gasteiger charge is 2.14. The summed E-state index contributed by atoms with van der Waals surface area (Å²) in [7, 11) is 0. The number of pyridine rings is 1. The largest absolute Gasteiger partial charge is 0.481 e. The summed E-state index contributed by atoms with van der Waals surface area (Å²) in [5.74, 6) is -0.946. The van der Waals surface area contributed by atoms with E-state index in [0.29, 0.717) is 23.4 Å². The van der Waals surface area contributed by atoms with Gasteiger partial charge in [0.2, 0.25) is 0 Å². The summed E-state index contributed by atoms with van der Waals surface area (Å²) in [5.41, 5.74) is 5.29. The van der Waals surface area contributed by atoms with Crippen molar-refractivity contribution in [2.45, 2.75) is 38.6 Å². The lowest BCUT2D eigenvalue weighted by atomic mass is 9.98. The SMILES string of the molecule is CC(NC(=O)c1ccc2nc(-c3ccccc3)c(CCCCC(=O)O)cc2c1)c1ccc(Cl)cc1. The molecule has 5 nitrogen and oxygen atoms in total. The summed E-state index contributed by atoms with van der Waals surface area (Å²) in [5, 5.41) is 13.5. The van der Waals surface area contributed by atoms with E-state index in [2.05, 4.69) is 11.4 Å². The monoisotopic (exact) mass is 486 g/mol. The van der Waals surface area contributed by atoms with Gasteiger partial charge in [0, 0.05) is 28.0 Å². The number of halogens is 1. The normalized spacial score (nSPS) is 11.8. The summed E-state index contributed by atoms with van der Waals surface area (Å²) in [6.45, 7) is 1.94. The summed E-state index contributed by atoms with van der Waals surface area (Å²) >= 11 is 5.97. The van der Waals surface area contributed by atoms with E-state index in [1.165, 1.54) is 0 Å². The number of fused-ring (bicyclic) bond motifs is 1. The number of benzene rings is 3. The number of nitrogens with one attached hydrogen (secondary N) is 1. The Labute approximate surface area is 209 Å². The van der Waals surface area contributed by atoms with Gasteiger partial charge in [0.15, 0.2) is 0 Å². The first-order chi connectivity index (χ1) is 16.9. The molecular formula is C29H27ClN2O3. The highest BCUT2D eigenvalue weighted by atomic mass is 35.5. The number of aromatic nitrogens is 1. The van der Waals surface area contributed by atoms with Gasteiger partial charge >= 0.3 is 5.97 Å². The minimum atomic E-state index is -0.784. The first kappa shape index (κ1) is 24.4. The van der Waals surface area contributed by atoms with Crippen LogP contribution < -0.4 is 5.32 Å². The molecule has 3 aromatic carbocycles. The van der Waals surface area contributed by atoms with Gasteiger partial charge in [0.25, 0.3) is 5.91 Å². The molecule has 0 spiro atoms. The Morgan fingerprint density at radius 1 is 0.971 bits per heavy atom. The van der Waals surface area contributed by atoms with Crippen LogP contribution in [0.1, 0.15) is 53.7 Å². The van der Waals surface area contributed by atoms with Gasteiger partial charge in [-0.1, -0.05) is 54.1 Å². The molecule has 0 saturated heterocycles. The van der Waals surface area contributed by atoms with Crippen molar-refractivity contribution in [1.29, 1.82) is 0 Å². The Morgan fingerprint density at radius 2 is 1.71 bits per heavy atom. The zero-order valence-electron chi connectivity index (χ0n) is 19.5. The molecule has 4 rings (SSSR count). The second-order valence-corrected chi connectivity index (χ2v) is 9.05. The first-order valence-corrected chi connectivity index (χ1v) is 12.1. The van der Waals surface area contributed by atoms with Crippen molar-refractivity contribution in [2.75, 3.05) is 0 Å². The van der Waals surface area contributed by atoms with E-state index in [9.17, 15) is 9.59 Å². The van der Waals surface area contributed by atoms with Crippen molar-refractivity contribution in [3.8, 4) is 11.3 Å². The van der Waals surface area contributed by atoms with Crippen molar-refractivity contribution in [2.24, 2.45) is 0 Å². The summed E-state index contributed by atoms with van der Waals surface area (Å²) in [6, 6.07) is 24.8. The molecular weight excluding hydrogens is 460 g/mol. The Morgan fingerprint density at radius 3 is 2.43 bits per heavy atom. The number of nitrogens with zero attached hydrogens (tertiary/aromatic N) is 1. The van der Waals surface area contributed by atoms with Crippen LogP contribution >= 0.6 is 11.6 Å². The van der Waals surface area contributed by atoms with Crippen molar-refractivity contribution in [1.82, 2.24) is 10.3 Å². The average Bonchev–Trinajstić information content (AvgIpc) is 2.86. The van der Waals surface area contributed by atoms with E-state index in [4.69, 9.17) is 21.7 Å². The van der Waals surface area contributed by atoms with Crippen LogP contribution in [0.4, 0.5) is 0 Å². The highest BCUT2D eigenvalue weighted by Crippen LogP contribution is 2.28. The van der Waals surface area contributed by atoms with Gasteiger partial charge in [-0.3, -0.25) is 9.59 Å². The van der Waals surface area contributed by atoms with E-state index in [1.54, 1.807) is 6.07 Å². The van der Waals surface area contributed by atoms with Crippen LogP contribution in [0.15, 0.2) is 78.9 Å². The van der Waals surface area contributed by atoms with Gasteiger partial charge < -0.3 is 10.4 Å². The van der Waals surface area contributed by atoms with Crippen LogP contribution in [0, 0.1) is 0 Å². The Kier molecular flexibility index (Phi) is 7.78. The van der Waals surface area contributed by atoms with Gasteiger partial charge in [-0.05, 0) is 73.7 Å². The molecule has 1 amide bonds. The van der Waals surface area contributed by atoms with Crippen LogP contribution in [0.25, 0.3) is 22.2 Å². The number of carboxylic acids is 1. The minimum absolute atomic E-state index is 0.151. The lowest BCUT2D eigenvalue weighted by Gasteiger charge is -2.15. The maximum absolute atomic E-state index is 13.0. The van der Waals surface area contributed by atoms with Gasteiger partial charge in [0.1, 0.15) is 0 Å². The lowest BCUT2D eigenvalue weighted by molar-refractivity contribution is -0.137. The van der Waals surface area contributed by atoms with Crippen molar-refractivity contribution in [3.05, 3.63) is 101 Å². The first-order valence-electron chi connectivity index (χ1n) is 11.7. The molecule has 1 atom stereocenters.